The van der Waals surface area contributed by atoms with E-state index >= 15 is 0 Å². The van der Waals surface area contributed by atoms with E-state index in [0.29, 0.717) is 5.92 Å². The first-order valence-electron chi connectivity index (χ1n) is 6.32. The summed E-state index contributed by atoms with van der Waals surface area (Å²) in [7, 11) is 0. The zero-order valence-corrected chi connectivity index (χ0v) is 9.76. The smallest absolute Gasteiger partial charge is 0.334 e. The SMILES string of the molecule is O=C1O[C@H]2CCCC[C@@H]2/C1=C\c1ccccc1. The van der Waals surface area contributed by atoms with E-state index in [0.717, 1.165) is 24.0 Å². The van der Waals surface area contributed by atoms with Crippen LogP contribution in [0.4, 0.5) is 0 Å². The van der Waals surface area contributed by atoms with Crippen molar-refractivity contribution in [3.63, 3.8) is 0 Å². The largest absolute Gasteiger partial charge is 0.458 e. The molecule has 1 saturated carbocycles. The van der Waals surface area contributed by atoms with Crippen molar-refractivity contribution in [2.75, 3.05) is 0 Å². The van der Waals surface area contributed by atoms with Crippen molar-refractivity contribution in [1.82, 2.24) is 0 Å². The fourth-order valence-electron chi connectivity index (χ4n) is 2.85. The number of hydrogen-bond donors (Lipinski definition) is 0. The maximum absolute atomic E-state index is 11.9. The van der Waals surface area contributed by atoms with Gasteiger partial charge < -0.3 is 4.74 Å². The quantitative estimate of drug-likeness (QED) is 0.545. The van der Waals surface area contributed by atoms with E-state index in [1.54, 1.807) is 0 Å². The summed E-state index contributed by atoms with van der Waals surface area (Å²) in [5.41, 5.74) is 1.96. The number of benzene rings is 1. The Hall–Kier alpha value is -1.57. The average Bonchev–Trinajstić information content (AvgIpc) is 2.68. The highest BCUT2D eigenvalue weighted by Crippen LogP contribution is 2.39. The van der Waals surface area contributed by atoms with Crippen LogP contribution in [-0.2, 0) is 9.53 Å². The predicted octanol–water partition coefficient (Wildman–Crippen LogP) is 3.19. The molecule has 0 radical (unpaired) electrons. The molecule has 17 heavy (non-hydrogen) atoms. The Morgan fingerprint density at radius 3 is 2.71 bits per heavy atom. The van der Waals surface area contributed by atoms with E-state index in [1.807, 2.05) is 36.4 Å². The van der Waals surface area contributed by atoms with Gasteiger partial charge in [0.05, 0.1) is 0 Å². The van der Waals surface area contributed by atoms with E-state index in [-0.39, 0.29) is 12.1 Å². The first kappa shape index (κ1) is 10.6. The van der Waals surface area contributed by atoms with Crippen LogP contribution in [0.2, 0.25) is 0 Å². The molecular weight excluding hydrogens is 212 g/mol. The van der Waals surface area contributed by atoms with E-state index in [9.17, 15) is 4.79 Å². The second-order valence-electron chi connectivity index (χ2n) is 4.85. The van der Waals surface area contributed by atoms with Gasteiger partial charge in [-0.05, 0) is 30.9 Å². The van der Waals surface area contributed by atoms with Gasteiger partial charge in [-0.15, -0.1) is 0 Å². The summed E-state index contributed by atoms with van der Waals surface area (Å²) >= 11 is 0. The van der Waals surface area contributed by atoms with Gasteiger partial charge in [-0.25, -0.2) is 4.79 Å². The Labute approximate surface area is 101 Å². The second-order valence-corrected chi connectivity index (χ2v) is 4.85. The lowest BCUT2D eigenvalue weighted by Crippen LogP contribution is -2.20. The molecule has 1 heterocycles. The molecule has 2 atom stereocenters. The highest BCUT2D eigenvalue weighted by Gasteiger charge is 2.40. The fraction of sp³-hybridized carbons (Fsp3) is 0.400. The third-order valence-electron chi connectivity index (χ3n) is 3.72. The van der Waals surface area contributed by atoms with Gasteiger partial charge in [-0.1, -0.05) is 36.8 Å². The predicted molar refractivity (Wildman–Crippen MR) is 66.3 cm³/mol. The summed E-state index contributed by atoms with van der Waals surface area (Å²) in [5, 5.41) is 0. The second kappa shape index (κ2) is 4.36. The Morgan fingerprint density at radius 2 is 1.88 bits per heavy atom. The summed E-state index contributed by atoms with van der Waals surface area (Å²) in [6.45, 7) is 0. The molecule has 2 heteroatoms. The zero-order chi connectivity index (χ0) is 11.7. The standard InChI is InChI=1S/C15H16O2/c16-15-13(10-11-6-2-1-3-7-11)12-8-4-5-9-14(12)17-15/h1-3,6-7,10,12,14H,4-5,8-9H2/b13-10+/t12-,14+/m1/s1. The van der Waals surface area contributed by atoms with Gasteiger partial charge in [-0.2, -0.15) is 0 Å². The van der Waals surface area contributed by atoms with Gasteiger partial charge in [0.2, 0.25) is 0 Å². The fourth-order valence-corrected chi connectivity index (χ4v) is 2.85. The lowest BCUT2D eigenvalue weighted by atomic mass is 9.83. The van der Waals surface area contributed by atoms with Crippen LogP contribution in [0.3, 0.4) is 0 Å². The third kappa shape index (κ3) is 1.99. The Balaban J connectivity index is 1.91. The highest BCUT2D eigenvalue weighted by molar-refractivity contribution is 5.96. The molecule has 0 amide bonds. The summed E-state index contributed by atoms with van der Waals surface area (Å²) < 4.78 is 5.44. The van der Waals surface area contributed by atoms with Gasteiger partial charge in [0.1, 0.15) is 6.10 Å². The molecule has 0 N–H and O–H groups in total. The first-order valence-corrected chi connectivity index (χ1v) is 6.32. The number of ether oxygens (including phenoxy) is 1. The van der Waals surface area contributed by atoms with Crippen molar-refractivity contribution in [2.24, 2.45) is 5.92 Å². The molecule has 0 aromatic heterocycles. The monoisotopic (exact) mass is 228 g/mol. The maximum Gasteiger partial charge on any atom is 0.334 e. The number of carbonyl (C=O) groups is 1. The van der Waals surface area contributed by atoms with Crippen LogP contribution in [-0.4, -0.2) is 12.1 Å². The zero-order valence-electron chi connectivity index (χ0n) is 9.76. The van der Waals surface area contributed by atoms with Crippen molar-refractivity contribution in [1.29, 1.82) is 0 Å². The van der Waals surface area contributed by atoms with Crippen LogP contribution >= 0.6 is 0 Å². The lowest BCUT2D eigenvalue weighted by molar-refractivity contribution is -0.139. The maximum atomic E-state index is 11.9. The van der Waals surface area contributed by atoms with Crippen molar-refractivity contribution >= 4 is 12.0 Å². The van der Waals surface area contributed by atoms with Crippen LogP contribution in [0.25, 0.3) is 6.08 Å². The van der Waals surface area contributed by atoms with E-state index in [4.69, 9.17) is 4.74 Å². The molecule has 3 rings (SSSR count). The van der Waals surface area contributed by atoms with E-state index in [1.165, 1.54) is 12.8 Å². The van der Waals surface area contributed by atoms with Crippen molar-refractivity contribution in [3.05, 3.63) is 41.5 Å². The number of carbonyl (C=O) groups excluding carboxylic acids is 1. The van der Waals surface area contributed by atoms with Gasteiger partial charge in [-0.3, -0.25) is 0 Å². The number of fused-ring (bicyclic) bond motifs is 1. The molecule has 1 saturated heterocycles. The molecule has 1 aromatic rings. The summed E-state index contributed by atoms with van der Waals surface area (Å²) in [5.74, 6) is 0.224. The summed E-state index contributed by atoms with van der Waals surface area (Å²) in [6.07, 6.45) is 6.67. The van der Waals surface area contributed by atoms with Gasteiger partial charge >= 0.3 is 5.97 Å². The molecule has 0 bridgehead atoms. The normalized spacial score (nSPS) is 30.1. The van der Waals surface area contributed by atoms with Gasteiger partial charge in [0, 0.05) is 11.5 Å². The van der Waals surface area contributed by atoms with Crippen molar-refractivity contribution < 1.29 is 9.53 Å². The molecule has 0 unspecified atom stereocenters. The molecule has 1 aromatic carbocycles. The van der Waals surface area contributed by atoms with Crippen molar-refractivity contribution in [3.8, 4) is 0 Å². The third-order valence-corrected chi connectivity index (χ3v) is 3.72. The molecule has 1 aliphatic carbocycles. The summed E-state index contributed by atoms with van der Waals surface area (Å²) in [6, 6.07) is 10.0. The Kier molecular flexibility index (Phi) is 2.71. The minimum Gasteiger partial charge on any atom is -0.458 e. The average molecular weight is 228 g/mol. The lowest BCUT2D eigenvalue weighted by Gasteiger charge is -2.22. The minimum absolute atomic E-state index is 0.106. The van der Waals surface area contributed by atoms with Gasteiger partial charge in [0.25, 0.3) is 0 Å². The Bertz CT molecular complexity index is 447. The van der Waals surface area contributed by atoms with Crippen LogP contribution in [0.15, 0.2) is 35.9 Å². The van der Waals surface area contributed by atoms with Crippen LogP contribution in [0.1, 0.15) is 31.2 Å². The first-order chi connectivity index (χ1) is 8.34. The topological polar surface area (TPSA) is 26.3 Å². The van der Waals surface area contributed by atoms with Crippen molar-refractivity contribution in [2.45, 2.75) is 31.8 Å². The molecule has 1 aliphatic heterocycles. The minimum atomic E-state index is -0.106. The van der Waals surface area contributed by atoms with Crippen LogP contribution in [0.5, 0.6) is 0 Å². The summed E-state index contributed by atoms with van der Waals surface area (Å²) in [4.78, 5) is 11.9. The van der Waals surface area contributed by atoms with Gasteiger partial charge in [0.15, 0.2) is 0 Å². The molecule has 2 fully saturated rings. The van der Waals surface area contributed by atoms with Crippen LogP contribution < -0.4 is 0 Å². The molecule has 2 aliphatic rings. The van der Waals surface area contributed by atoms with E-state index in [2.05, 4.69) is 0 Å². The molecular formula is C15H16O2. The Morgan fingerprint density at radius 1 is 1.12 bits per heavy atom. The van der Waals surface area contributed by atoms with Crippen LogP contribution in [0, 0.1) is 5.92 Å². The molecule has 88 valence electrons. The number of esters is 1. The highest BCUT2D eigenvalue weighted by atomic mass is 16.6. The van der Waals surface area contributed by atoms with E-state index < -0.39 is 0 Å². The number of rotatable bonds is 1. The number of hydrogen-bond acceptors (Lipinski definition) is 2. The molecule has 0 spiro atoms. The molecule has 2 nitrogen and oxygen atoms in total.